The molecule has 2 aliphatic heterocycles. The van der Waals surface area contributed by atoms with Gasteiger partial charge in [0.2, 0.25) is 0 Å². The Morgan fingerprint density at radius 1 is 1.12 bits per heavy atom. The molecule has 2 atom stereocenters. The van der Waals surface area contributed by atoms with Gasteiger partial charge in [-0.05, 0) is 58.7 Å². The number of nitrogens with zero attached hydrogens (tertiary/aromatic N) is 2. The molecule has 98 valence electrons. The molecule has 2 saturated heterocycles. The number of hydrogen-bond donors (Lipinski definition) is 1. The molecule has 3 aliphatic rings. The minimum atomic E-state index is 0.780. The van der Waals surface area contributed by atoms with Crippen molar-refractivity contribution in [3.05, 3.63) is 0 Å². The molecule has 1 saturated carbocycles. The lowest BCUT2D eigenvalue weighted by atomic mass is 10.0. The van der Waals surface area contributed by atoms with Crippen LogP contribution in [-0.4, -0.2) is 61.2 Å². The molecule has 2 heterocycles. The van der Waals surface area contributed by atoms with E-state index in [4.69, 9.17) is 0 Å². The van der Waals surface area contributed by atoms with Crippen LogP contribution in [0.5, 0.6) is 0 Å². The van der Waals surface area contributed by atoms with Gasteiger partial charge in [-0.25, -0.2) is 0 Å². The third-order valence-electron chi connectivity index (χ3n) is 4.68. The van der Waals surface area contributed by atoms with Crippen LogP contribution >= 0.6 is 0 Å². The van der Waals surface area contributed by atoms with Gasteiger partial charge in [0.1, 0.15) is 0 Å². The summed E-state index contributed by atoms with van der Waals surface area (Å²) in [6, 6.07) is 2.54. The molecule has 1 aliphatic carbocycles. The predicted molar refractivity (Wildman–Crippen MR) is 71.3 cm³/mol. The summed E-state index contributed by atoms with van der Waals surface area (Å²) < 4.78 is 0. The highest BCUT2D eigenvalue weighted by molar-refractivity contribution is 4.93. The van der Waals surface area contributed by atoms with E-state index < -0.39 is 0 Å². The Hall–Kier alpha value is -0.120. The summed E-state index contributed by atoms with van der Waals surface area (Å²) >= 11 is 0. The minimum absolute atomic E-state index is 0.780. The monoisotopic (exact) mass is 237 g/mol. The van der Waals surface area contributed by atoms with Crippen LogP contribution in [0.2, 0.25) is 0 Å². The summed E-state index contributed by atoms with van der Waals surface area (Å²) in [5.41, 5.74) is 0. The minimum Gasteiger partial charge on any atom is -0.313 e. The quantitative estimate of drug-likeness (QED) is 0.795. The summed E-state index contributed by atoms with van der Waals surface area (Å²) in [7, 11) is 2.28. The van der Waals surface area contributed by atoms with Crippen molar-refractivity contribution in [2.24, 2.45) is 0 Å². The van der Waals surface area contributed by atoms with Crippen LogP contribution in [0.1, 0.15) is 38.5 Å². The maximum absolute atomic E-state index is 3.66. The highest BCUT2D eigenvalue weighted by Gasteiger charge is 2.36. The van der Waals surface area contributed by atoms with E-state index in [1.165, 1.54) is 64.7 Å². The van der Waals surface area contributed by atoms with E-state index in [-0.39, 0.29) is 0 Å². The highest BCUT2D eigenvalue weighted by Crippen LogP contribution is 2.31. The first-order valence-electron chi connectivity index (χ1n) is 7.50. The third kappa shape index (κ3) is 3.01. The average molecular weight is 237 g/mol. The molecule has 1 N–H and O–H groups in total. The number of nitrogens with one attached hydrogen (secondary N) is 1. The van der Waals surface area contributed by atoms with E-state index in [0.717, 1.165) is 18.1 Å². The molecule has 3 fully saturated rings. The summed E-state index contributed by atoms with van der Waals surface area (Å²) in [4.78, 5) is 5.37. The molecule has 0 radical (unpaired) electrons. The van der Waals surface area contributed by atoms with Crippen molar-refractivity contribution in [1.29, 1.82) is 0 Å². The van der Waals surface area contributed by atoms with Gasteiger partial charge in [-0.2, -0.15) is 0 Å². The molecular weight excluding hydrogens is 210 g/mol. The van der Waals surface area contributed by atoms with Gasteiger partial charge in [-0.3, -0.25) is 4.90 Å². The van der Waals surface area contributed by atoms with Crippen molar-refractivity contribution < 1.29 is 0 Å². The highest BCUT2D eigenvalue weighted by atomic mass is 15.3. The van der Waals surface area contributed by atoms with Gasteiger partial charge in [0.25, 0.3) is 0 Å². The second-order valence-electron chi connectivity index (χ2n) is 6.28. The van der Waals surface area contributed by atoms with Crippen molar-refractivity contribution in [3.63, 3.8) is 0 Å². The summed E-state index contributed by atoms with van der Waals surface area (Å²) in [5, 5.41) is 3.66. The van der Waals surface area contributed by atoms with E-state index in [1.807, 2.05) is 0 Å². The lowest BCUT2D eigenvalue weighted by Crippen LogP contribution is -2.51. The molecular formula is C14H27N3. The molecule has 0 aromatic rings. The van der Waals surface area contributed by atoms with Gasteiger partial charge < -0.3 is 10.2 Å². The zero-order valence-electron chi connectivity index (χ0n) is 11.2. The smallest absolute Gasteiger partial charge is 0.0227 e. The Morgan fingerprint density at radius 3 is 2.65 bits per heavy atom. The van der Waals surface area contributed by atoms with Crippen molar-refractivity contribution in [3.8, 4) is 0 Å². The fourth-order valence-corrected chi connectivity index (χ4v) is 3.58. The van der Waals surface area contributed by atoms with Gasteiger partial charge in [-0.1, -0.05) is 0 Å². The predicted octanol–water partition coefficient (Wildman–Crippen LogP) is 1.30. The van der Waals surface area contributed by atoms with Gasteiger partial charge in [0.05, 0.1) is 0 Å². The normalized spacial score (nSPS) is 35.6. The van der Waals surface area contributed by atoms with Crippen LogP contribution in [0.3, 0.4) is 0 Å². The van der Waals surface area contributed by atoms with Crippen molar-refractivity contribution >= 4 is 0 Å². The molecule has 3 rings (SSSR count). The molecule has 0 amide bonds. The molecule has 0 spiro atoms. The van der Waals surface area contributed by atoms with Crippen LogP contribution in [-0.2, 0) is 0 Å². The zero-order chi connectivity index (χ0) is 11.7. The van der Waals surface area contributed by atoms with Crippen LogP contribution in [0.15, 0.2) is 0 Å². The van der Waals surface area contributed by atoms with Crippen molar-refractivity contribution in [2.75, 3.05) is 33.2 Å². The molecule has 3 nitrogen and oxygen atoms in total. The number of piperidine rings is 1. The molecule has 0 bridgehead atoms. The maximum Gasteiger partial charge on any atom is 0.0227 e. The lowest BCUT2D eigenvalue weighted by Gasteiger charge is -2.39. The Bertz CT molecular complexity index is 246. The van der Waals surface area contributed by atoms with Crippen LogP contribution < -0.4 is 5.32 Å². The molecule has 2 unspecified atom stereocenters. The van der Waals surface area contributed by atoms with E-state index in [9.17, 15) is 0 Å². The van der Waals surface area contributed by atoms with Crippen LogP contribution in [0, 0.1) is 0 Å². The second kappa shape index (κ2) is 5.25. The zero-order valence-corrected chi connectivity index (χ0v) is 11.2. The van der Waals surface area contributed by atoms with E-state index in [2.05, 4.69) is 22.2 Å². The molecule has 0 aromatic carbocycles. The van der Waals surface area contributed by atoms with Crippen molar-refractivity contribution in [1.82, 2.24) is 15.1 Å². The average Bonchev–Trinajstić information content (AvgIpc) is 3.03. The van der Waals surface area contributed by atoms with Gasteiger partial charge >= 0.3 is 0 Å². The topological polar surface area (TPSA) is 18.5 Å². The van der Waals surface area contributed by atoms with Crippen molar-refractivity contribution in [2.45, 2.75) is 56.7 Å². The Morgan fingerprint density at radius 2 is 2.00 bits per heavy atom. The lowest BCUT2D eigenvalue weighted by molar-refractivity contribution is 0.0974. The standard InChI is InChI=1S/C14H27N3/c1-16-9-3-5-14(11-16)17(13-6-7-13)10-12-4-2-8-15-12/h12-15H,2-11H2,1H3. The number of rotatable bonds is 4. The van der Waals surface area contributed by atoms with Gasteiger partial charge in [-0.15, -0.1) is 0 Å². The SMILES string of the molecule is CN1CCCC(N(CC2CCCN2)C2CC2)C1. The fourth-order valence-electron chi connectivity index (χ4n) is 3.58. The maximum atomic E-state index is 3.66. The Balaban J connectivity index is 1.58. The van der Waals surface area contributed by atoms with E-state index in [1.54, 1.807) is 0 Å². The van der Waals surface area contributed by atoms with Gasteiger partial charge in [0.15, 0.2) is 0 Å². The van der Waals surface area contributed by atoms with Crippen LogP contribution in [0.4, 0.5) is 0 Å². The molecule has 17 heavy (non-hydrogen) atoms. The second-order valence-corrected chi connectivity index (χ2v) is 6.28. The number of likely N-dealkylation sites (tertiary alicyclic amines) is 1. The summed E-state index contributed by atoms with van der Waals surface area (Å²) in [6.07, 6.45) is 8.50. The van der Waals surface area contributed by atoms with Gasteiger partial charge in [0, 0.05) is 31.2 Å². The third-order valence-corrected chi connectivity index (χ3v) is 4.68. The Labute approximate surface area is 106 Å². The largest absolute Gasteiger partial charge is 0.313 e. The summed E-state index contributed by atoms with van der Waals surface area (Å²) in [5.74, 6) is 0. The Kier molecular flexibility index (Phi) is 3.69. The number of hydrogen-bond acceptors (Lipinski definition) is 3. The first-order valence-corrected chi connectivity index (χ1v) is 7.50. The summed E-state index contributed by atoms with van der Waals surface area (Å²) in [6.45, 7) is 5.15. The van der Waals surface area contributed by atoms with E-state index in [0.29, 0.717) is 0 Å². The molecule has 0 aromatic heterocycles. The first-order chi connectivity index (χ1) is 8.33. The first kappa shape index (κ1) is 11.9. The molecule has 3 heteroatoms. The van der Waals surface area contributed by atoms with E-state index >= 15 is 0 Å². The van der Waals surface area contributed by atoms with Crippen LogP contribution in [0.25, 0.3) is 0 Å². The number of likely N-dealkylation sites (N-methyl/N-ethyl adjacent to an activating group) is 1. The fraction of sp³-hybridized carbons (Fsp3) is 1.00.